The summed E-state index contributed by atoms with van der Waals surface area (Å²) in [6.45, 7) is 6.62. The Morgan fingerprint density at radius 2 is 2.14 bits per heavy atom. The second kappa shape index (κ2) is 6.63. The van der Waals surface area contributed by atoms with Gasteiger partial charge in [0, 0.05) is 11.8 Å². The van der Waals surface area contributed by atoms with Crippen LogP contribution in [0.4, 0.5) is 0 Å². The Kier molecular flexibility index (Phi) is 4.39. The maximum Gasteiger partial charge on any atom is 0.348 e. The largest absolute Gasteiger partial charge is 0.461 e. The summed E-state index contributed by atoms with van der Waals surface area (Å²) in [6.07, 6.45) is 5.93. The number of ketones is 2. The van der Waals surface area contributed by atoms with Crippen LogP contribution >= 0.6 is 11.3 Å². The summed E-state index contributed by atoms with van der Waals surface area (Å²) < 4.78 is 5.91. The molecule has 0 aromatic carbocycles. The highest BCUT2D eigenvalue weighted by Crippen LogP contribution is 2.68. The van der Waals surface area contributed by atoms with Gasteiger partial charge in [0.15, 0.2) is 5.78 Å². The van der Waals surface area contributed by atoms with Crippen LogP contribution in [0.15, 0.2) is 29.7 Å². The maximum absolute atomic E-state index is 13.5. The van der Waals surface area contributed by atoms with Gasteiger partial charge < -0.3 is 4.74 Å². The lowest BCUT2D eigenvalue weighted by atomic mass is 9.37. The molecule has 0 saturated heterocycles. The molecule has 5 aliphatic rings. The molecule has 1 aromatic rings. The lowest BCUT2D eigenvalue weighted by Gasteiger charge is -2.64. The summed E-state index contributed by atoms with van der Waals surface area (Å²) in [5.74, 6) is 0.607. The number of fused-ring (bicyclic) bond motifs is 3. The van der Waals surface area contributed by atoms with Crippen LogP contribution in [-0.4, -0.2) is 24.1 Å². The molecule has 0 amide bonds. The Morgan fingerprint density at radius 1 is 1.31 bits per heavy atom. The fraction of sp³-hybridized carbons (Fsp3) is 0.625. The van der Waals surface area contributed by atoms with Crippen molar-refractivity contribution in [2.45, 2.75) is 51.9 Å². The second-order valence-corrected chi connectivity index (χ2v) is 10.7. The average Bonchev–Trinajstić information content (AvgIpc) is 3.26. The van der Waals surface area contributed by atoms with Gasteiger partial charge in [-0.25, -0.2) is 4.79 Å². The van der Waals surface area contributed by atoms with Crippen molar-refractivity contribution in [3.05, 3.63) is 34.5 Å². The Morgan fingerprint density at radius 3 is 2.90 bits per heavy atom. The number of hydrogen-bond donors (Lipinski definition) is 0. The van der Waals surface area contributed by atoms with E-state index in [1.807, 2.05) is 11.4 Å². The lowest BCUT2D eigenvalue weighted by molar-refractivity contribution is -0.187. The second-order valence-electron chi connectivity index (χ2n) is 9.74. The SMILES string of the molecule is C=C1C(=O)C23CCC1CC2[C@]1(COC(=O)c2cccs2)CCCC(C)C1CC3=O. The van der Waals surface area contributed by atoms with Crippen LogP contribution in [0.25, 0.3) is 0 Å². The van der Waals surface area contributed by atoms with Crippen LogP contribution in [0.1, 0.15) is 61.5 Å². The van der Waals surface area contributed by atoms with E-state index in [1.54, 1.807) is 6.07 Å². The third kappa shape index (κ3) is 2.52. The van der Waals surface area contributed by atoms with Crippen LogP contribution in [0.5, 0.6) is 0 Å². The van der Waals surface area contributed by atoms with Crippen molar-refractivity contribution in [3.8, 4) is 0 Å². The first-order valence-electron chi connectivity index (χ1n) is 10.9. The summed E-state index contributed by atoms with van der Waals surface area (Å²) in [6, 6.07) is 3.64. The van der Waals surface area contributed by atoms with E-state index in [2.05, 4.69) is 13.5 Å². The highest BCUT2D eigenvalue weighted by molar-refractivity contribution is 7.11. The molecule has 1 heterocycles. The highest BCUT2D eigenvalue weighted by Gasteiger charge is 2.70. The predicted octanol–water partition coefficient (Wildman–Crippen LogP) is 4.84. The molecular formula is C24H28O4S. The van der Waals surface area contributed by atoms with E-state index in [0.29, 0.717) is 35.8 Å². The first-order chi connectivity index (χ1) is 13.9. The summed E-state index contributed by atoms with van der Waals surface area (Å²) in [4.78, 5) is 40.1. The third-order valence-corrected chi connectivity index (χ3v) is 9.56. The minimum Gasteiger partial charge on any atom is -0.461 e. The molecule has 5 fully saturated rings. The van der Waals surface area contributed by atoms with Gasteiger partial charge in [-0.05, 0) is 66.4 Å². The molecule has 0 radical (unpaired) electrons. The number of esters is 1. The zero-order chi connectivity index (χ0) is 20.4. The molecule has 4 nitrogen and oxygen atoms in total. The number of ether oxygens (including phenoxy) is 1. The summed E-state index contributed by atoms with van der Waals surface area (Å²) in [5.41, 5.74) is -0.517. The number of thiophene rings is 1. The van der Waals surface area contributed by atoms with Gasteiger partial charge in [-0.3, -0.25) is 9.59 Å². The number of carbonyl (C=O) groups is 3. The number of rotatable bonds is 3. The van der Waals surface area contributed by atoms with Crippen molar-refractivity contribution in [2.75, 3.05) is 6.61 Å². The van der Waals surface area contributed by atoms with Gasteiger partial charge in [0.2, 0.25) is 0 Å². The topological polar surface area (TPSA) is 60.4 Å². The fourth-order valence-corrected chi connectivity index (χ4v) is 7.91. The van der Waals surface area contributed by atoms with E-state index >= 15 is 0 Å². The van der Waals surface area contributed by atoms with Crippen molar-refractivity contribution in [1.29, 1.82) is 0 Å². The van der Waals surface area contributed by atoms with Crippen LogP contribution in [0.2, 0.25) is 0 Å². The van der Waals surface area contributed by atoms with E-state index in [-0.39, 0.29) is 40.7 Å². The Hall–Kier alpha value is -1.75. The lowest BCUT2D eigenvalue weighted by Crippen LogP contribution is -2.67. The van der Waals surface area contributed by atoms with Gasteiger partial charge >= 0.3 is 5.97 Å². The number of hydrogen-bond acceptors (Lipinski definition) is 5. The zero-order valence-electron chi connectivity index (χ0n) is 16.9. The Labute approximate surface area is 175 Å². The maximum atomic E-state index is 13.5. The summed E-state index contributed by atoms with van der Waals surface area (Å²) in [5, 5.41) is 1.87. The van der Waals surface area contributed by atoms with E-state index in [4.69, 9.17) is 4.74 Å². The van der Waals surface area contributed by atoms with E-state index in [9.17, 15) is 14.4 Å². The van der Waals surface area contributed by atoms with Crippen LogP contribution in [0.3, 0.4) is 0 Å². The van der Waals surface area contributed by atoms with Gasteiger partial charge in [0.05, 0.1) is 12.0 Å². The summed E-state index contributed by atoms with van der Waals surface area (Å²) >= 11 is 1.39. The third-order valence-electron chi connectivity index (χ3n) is 8.71. The van der Waals surface area contributed by atoms with Crippen LogP contribution < -0.4 is 0 Å². The predicted molar refractivity (Wildman–Crippen MR) is 111 cm³/mol. The molecule has 5 heteroatoms. The van der Waals surface area contributed by atoms with Crippen LogP contribution in [-0.2, 0) is 14.3 Å². The van der Waals surface area contributed by atoms with E-state index in [0.717, 1.165) is 32.1 Å². The molecule has 0 N–H and O–H groups in total. The minimum absolute atomic E-state index is 0.00404. The first kappa shape index (κ1) is 19.2. The van der Waals surface area contributed by atoms with Crippen LogP contribution in [0, 0.1) is 34.5 Å². The molecule has 5 saturated carbocycles. The fourth-order valence-electron chi connectivity index (χ4n) is 7.30. The van der Waals surface area contributed by atoms with Gasteiger partial charge in [0.25, 0.3) is 0 Å². The molecule has 1 spiro atoms. The molecule has 1 aromatic heterocycles. The van der Waals surface area contributed by atoms with Crippen molar-refractivity contribution in [3.63, 3.8) is 0 Å². The van der Waals surface area contributed by atoms with Gasteiger partial charge in [-0.2, -0.15) is 0 Å². The number of carbonyl (C=O) groups excluding carboxylic acids is 3. The quantitative estimate of drug-likeness (QED) is 0.405. The molecule has 5 unspecified atom stereocenters. The summed E-state index contributed by atoms with van der Waals surface area (Å²) in [7, 11) is 0. The molecule has 0 aliphatic heterocycles. The Balaban J connectivity index is 1.54. The van der Waals surface area contributed by atoms with E-state index in [1.165, 1.54) is 11.3 Å². The smallest absolute Gasteiger partial charge is 0.348 e. The molecule has 5 aliphatic carbocycles. The van der Waals surface area contributed by atoms with Gasteiger partial charge in [-0.1, -0.05) is 32.4 Å². The number of allylic oxidation sites excluding steroid dienone is 1. The standard InChI is InChI=1S/C24H28O4S/c1-14-5-3-8-23(13-28-22(27)18-6-4-10-29-18)17(14)12-20(25)24-9-7-16(11-19(23)24)15(2)21(24)26/h4,6,10,14,16-17,19H,2-3,5,7-9,11-13H2,1H3/t14?,16?,17?,19?,23-,24?/m0/s1. The number of Topliss-reactive ketones (excluding diaryl/α,β-unsaturated/α-hetero) is 2. The normalized spacial score (nSPS) is 41.1. The van der Waals surface area contributed by atoms with Crippen molar-refractivity contribution >= 4 is 28.9 Å². The minimum atomic E-state index is -0.908. The van der Waals surface area contributed by atoms with Crippen molar-refractivity contribution < 1.29 is 19.1 Å². The van der Waals surface area contributed by atoms with Crippen molar-refractivity contribution in [1.82, 2.24) is 0 Å². The molecule has 29 heavy (non-hydrogen) atoms. The molecule has 2 bridgehead atoms. The monoisotopic (exact) mass is 412 g/mol. The zero-order valence-corrected chi connectivity index (χ0v) is 17.8. The highest BCUT2D eigenvalue weighted by atomic mass is 32.1. The van der Waals surface area contributed by atoms with Crippen molar-refractivity contribution in [2.24, 2.45) is 34.5 Å². The molecule has 6 rings (SSSR count). The average molecular weight is 413 g/mol. The molecular weight excluding hydrogens is 384 g/mol. The van der Waals surface area contributed by atoms with Gasteiger partial charge in [0.1, 0.15) is 10.7 Å². The molecule has 6 atom stereocenters. The van der Waals surface area contributed by atoms with E-state index < -0.39 is 5.41 Å². The molecule has 154 valence electrons. The first-order valence-corrected chi connectivity index (χ1v) is 11.8. The Bertz CT molecular complexity index is 887. The van der Waals surface area contributed by atoms with Gasteiger partial charge in [-0.15, -0.1) is 11.3 Å².